The molecule has 27 heavy (non-hydrogen) atoms. The lowest BCUT2D eigenvalue weighted by Crippen LogP contribution is -2.37. The Balaban J connectivity index is 1.27. The molecule has 2 aliphatic heterocycles. The van der Waals surface area contributed by atoms with E-state index in [4.69, 9.17) is 4.74 Å². The van der Waals surface area contributed by atoms with E-state index in [9.17, 15) is 5.11 Å². The van der Waals surface area contributed by atoms with Crippen LogP contribution < -0.4 is 4.90 Å². The van der Waals surface area contributed by atoms with Gasteiger partial charge in [0.15, 0.2) is 0 Å². The predicted molar refractivity (Wildman–Crippen MR) is 102 cm³/mol. The van der Waals surface area contributed by atoms with Crippen LogP contribution in [0.25, 0.3) is 0 Å². The maximum atomic E-state index is 10.6. The van der Waals surface area contributed by atoms with Gasteiger partial charge in [0.05, 0.1) is 25.0 Å². The molecule has 0 radical (unpaired) electrons. The fourth-order valence-corrected chi connectivity index (χ4v) is 3.83. The topological polar surface area (TPSA) is 74.6 Å². The third-order valence-corrected chi connectivity index (χ3v) is 5.46. The third-order valence-electron chi connectivity index (χ3n) is 5.46. The molecular weight excluding hydrogens is 342 g/mol. The van der Waals surface area contributed by atoms with Crippen molar-refractivity contribution in [3.63, 3.8) is 0 Å². The Morgan fingerprint density at radius 2 is 1.78 bits per heavy atom. The van der Waals surface area contributed by atoms with Crippen molar-refractivity contribution in [2.75, 3.05) is 44.3 Å². The molecule has 0 aliphatic carbocycles. The number of likely N-dealkylation sites (tertiary alicyclic amines) is 1. The van der Waals surface area contributed by atoms with Crippen LogP contribution in [-0.2, 0) is 11.3 Å². The minimum atomic E-state index is -0.468. The molecule has 2 aromatic rings. The van der Waals surface area contributed by atoms with Gasteiger partial charge >= 0.3 is 0 Å². The minimum absolute atomic E-state index is 0.274. The number of hydrogen-bond acceptors (Lipinski definition) is 7. The summed E-state index contributed by atoms with van der Waals surface area (Å²) in [4.78, 5) is 17.9. The van der Waals surface area contributed by atoms with Gasteiger partial charge < -0.3 is 14.7 Å². The molecule has 2 saturated heterocycles. The van der Waals surface area contributed by atoms with Crippen LogP contribution in [0.3, 0.4) is 0 Å². The first kappa shape index (κ1) is 18.3. The number of nitrogens with zero attached hydrogens (tertiary/aromatic N) is 5. The summed E-state index contributed by atoms with van der Waals surface area (Å²) in [6.07, 6.45) is 7.10. The zero-order valence-corrected chi connectivity index (χ0v) is 15.6. The lowest BCUT2D eigenvalue weighted by atomic mass is 9.89. The SMILES string of the molecule is OC(c1ccccn1)C1CCN(Cc2cnc(N3CCOCC3)nc2)CC1. The van der Waals surface area contributed by atoms with Gasteiger partial charge in [-0.05, 0) is 44.0 Å². The van der Waals surface area contributed by atoms with E-state index in [1.54, 1.807) is 6.20 Å². The highest BCUT2D eigenvalue weighted by molar-refractivity contribution is 5.30. The number of rotatable bonds is 5. The smallest absolute Gasteiger partial charge is 0.225 e. The number of anilines is 1. The van der Waals surface area contributed by atoms with Crippen molar-refractivity contribution in [1.29, 1.82) is 0 Å². The summed E-state index contributed by atoms with van der Waals surface area (Å²) in [5.41, 5.74) is 1.92. The molecule has 0 bridgehead atoms. The lowest BCUT2D eigenvalue weighted by Gasteiger charge is -2.34. The summed E-state index contributed by atoms with van der Waals surface area (Å²) in [6, 6.07) is 5.72. The molecule has 2 fully saturated rings. The fraction of sp³-hybridized carbons (Fsp3) is 0.550. The summed E-state index contributed by atoms with van der Waals surface area (Å²) in [7, 11) is 0. The summed E-state index contributed by atoms with van der Waals surface area (Å²) >= 11 is 0. The molecule has 0 spiro atoms. The van der Waals surface area contributed by atoms with Crippen molar-refractivity contribution in [3.8, 4) is 0 Å². The number of hydrogen-bond donors (Lipinski definition) is 1. The number of aliphatic hydroxyl groups is 1. The third kappa shape index (κ3) is 4.61. The minimum Gasteiger partial charge on any atom is -0.387 e. The Morgan fingerprint density at radius 3 is 2.44 bits per heavy atom. The van der Waals surface area contributed by atoms with E-state index in [2.05, 4.69) is 24.8 Å². The van der Waals surface area contributed by atoms with Gasteiger partial charge in [0.1, 0.15) is 0 Å². The molecule has 144 valence electrons. The van der Waals surface area contributed by atoms with Gasteiger partial charge in [0.2, 0.25) is 5.95 Å². The van der Waals surface area contributed by atoms with Crippen molar-refractivity contribution >= 4 is 5.95 Å². The number of ether oxygens (including phenoxy) is 1. The second kappa shape index (κ2) is 8.73. The molecular formula is C20H27N5O2. The second-order valence-electron chi connectivity index (χ2n) is 7.30. The number of aliphatic hydroxyl groups excluding tert-OH is 1. The van der Waals surface area contributed by atoms with Crippen LogP contribution in [0.4, 0.5) is 5.95 Å². The maximum absolute atomic E-state index is 10.6. The van der Waals surface area contributed by atoms with E-state index in [1.807, 2.05) is 30.6 Å². The molecule has 7 heteroatoms. The fourth-order valence-electron chi connectivity index (χ4n) is 3.83. The molecule has 2 aromatic heterocycles. The van der Waals surface area contributed by atoms with Gasteiger partial charge in [-0.15, -0.1) is 0 Å². The zero-order valence-electron chi connectivity index (χ0n) is 15.6. The van der Waals surface area contributed by atoms with E-state index in [-0.39, 0.29) is 5.92 Å². The summed E-state index contributed by atoms with van der Waals surface area (Å²) in [5, 5.41) is 10.6. The predicted octanol–water partition coefficient (Wildman–Crippen LogP) is 1.65. The first-order valence-corrected chi connectivity index (χ1v) is 9.74. The van der Waals surface area contributed by atoms with Crippen LogP contribution in [-0.4, -0.2) is 64.4 Å². The van der Waals surface area contributed by atoms with Crippen LogP contribution in [0, 0.1) is 5.92 Å². The van der Waals surface area contributed by atoms with Crippen LogP contribution in [0.15, 0.2) is 36.8 Å². The van der Waals surface area contributed by atoms with E-state index >= 15 is 0 Å². The van der Waals surface area contributed by atoms with Crippen LogP contribution in [0.5, 0.6) is 0 Å². The molecule has 0 saturated carbocycles. The van der Waals surface area contributed by atoms with Crippen LogP contribution >= 0.6 is 0 Å². The van der Waals surface area contributed by atoms with E-state index in [0.717, 1.165) is 76.0 Å². The highest BCUT2D eigenvalue weighted by atomic mass is 16.5. The summed E-state index contributed by atoms with van der Waals surface area (Å²) < 4.78 is 5.37. The van der Waals surface area contributed by atoms with Crippen molar-refractivity contribution in [2.24, 2.45) is 5.92 Å². The summed E-state index contributed by atoms with van der Waals surface area (Å²) in [5.74, 6) is 1.07. The molecule has 1 atom stereocenters. The van der Waals surface area contributed by atoms with Gasteiger partial charge in [0, 0.05) is 43.8 Å². The molecule has 0 amide bonds. The van der Waals surface area contributed by atoms with Crippen LogP contribution in [0.1, 0.15) is 30.2 Å². The lowest BCUT2D eigenvalue weighted by molar-refractivity contribution is 0.0539. The first-order chi connectivity index (χ1) is 13.3. The quantitative estimate of drug-likeness (QED) is 0.859. The Bertz CT molecular complexity index is 698. The Morgan fingerprint density at radius 1 is 1.04 bits per heavy atom. The normalized spacial score (nSPS) is 20.6. The monoisotopic (exact) mass is 369 g/mol. The average molecular weight is 369 g/mol. The van der Waals surface area contributed by atoms with E-state index in [0.29, 0.717) is 0 Å². The zero-order chi connectivity index (χ0) is 18.5. The van der Waals surface area contributed by atoms with Crippen molar-refractivity contribution < 1.29 is 9.84 Å². The van der Waals surface area contributed by atoms with Gasteiger partial charge in [0.25, 0.3) is 0 Å². The Labute approximate surface area is 160 Å². The van der Waals surface area contributed by atoms with Crippen molar-refractivity contribution in [3.05, 3.63) is 48.0 Å². The van der Waals surface area contributed by atoms with Gasteiger partial charge in [-0.1, -0.05) is 6.07 Å². The highest BCUT2D eigenvalue weighted by Crippen LogP contribution is 2.30. The standard InChI is InChI=1S/C20H27N5O2/c26-19(18-3-1-2-6-21-18)17-4-7-24(8-5-17)15-16-13-22-20(23-14-16)25-9-11-27-12-10-25/h1-3,6,13-14,17,19,26H,4-5,7-12,15H2. The van der Waals surface area contributed by atoms with Crippen LogP contribution in [0.2, 0.25) is 0 Å². The Kier molecular flexibility index (Phi) is 5.91. The second-order valence-corrected chi connectivity index (χ2v) is 7.30. The molecule has 1 N–H and O–H groups in total. The number of aromatic nitrogens is 3. The molecule has 4 rings (SSSR count). The average Bonchev–Trinajstić information content (AvgIpc) is 2.76. The van der Waals surface area contributed by atoms with Gasteiger partial charge in [-0.2, -0.15) is 0 Å². The molecule has 7 nitrogen and oxygen atoms in total. The largest absolute Gasteiger partial charge is 0.387 e. The number of pyridine rings is 1. The maximum Gasteiger partial charge on any atom is 0.225 e. The van der Waals surface area contributed by atoms with Crippen molar-refractivity contribution in [1.82, 2.24) is 19.9 Å². The van der Waals surface area contributed by atoms with Crippen molar-refractivity contribution in [2.45, 2.75) is 25.5 Å². The van der Waals surface area contributed by atoms with E-state index < -0.39 is 6.10 Å². The van der Waals surface area contributed by atoms with Gasteiger partial charge in [-0.3, -0.25) is 9.88 Å². The van der Waals surface area contributed by atoms with Gasteiger partial charge in [-0.25, -0.2) is 9.97 Å². The molecule has 2 aliphatic rings. The molecule has 4 heterocycles. The first-order valence-electron chi connectivity index (χ1n) is 9.74. The highest BCUT2D eigenvalue weighted by Gasteiger charge is 2.27. The van der Waals surface area contributed by atoms with E-state index in [1.165, 1.54) is 0 Å². The summed E-state index contributed by atoms with van der Waals surface area (Å²) in [6.45, 7) is 5.99. The molecule has 0 aromatic carbocycles. The molecule has 1 unspecified atom stereocenters. The number of morpholine rings is 1. The Hall–Kier alpha value is -2.09. The number of piperidine rings is 1.